The van der Waals surface area contributed by atoms with Gasteiger partial charge < -0.3 is 10.1 Å². The van der Waals surface area contributed by atoms with Gasteiger partial charge in [-0.2, -0.15) is 0 Å². The van der Waals surface area contributed by atoms with Crippen molar-refractivity contribution in [3.8, 4) is 5.75 Å². The average Bonchev–Trinajstić information content (AvgIpc) is 2.60. The van der Waals surface area contributed by atoms with Crippen LogP contribution in [-0.2, 0) is 13.2 Å². The molecule has 0 aliphatic heterocycles. The highest BCUT2D eigenvalue weighted by molar-refractivity contribution is 6.35. The van der Waals surface area contributed by atoms with Gasteiger partial charge in [-0.05, 0) is 54.4 Å². The number of rotatable bonds is 6. The van der Waals surface area contributed by atoms with Crippen LogP contribution in [0.3, 0.4) is 0 Å². The zero-order valence-corrected chi connectivity index (χ0v) is 16.5. The van der Waals surface area contributed by atoms with E-state index in [9.17, 15) is 0 Å². The summed E-state index contributed by atoms with van der Waals surface area (Å²) in [6, 6.07) is 19.4. The summed E-state index contributed by atoms with van der Waals surface area (Å²) in [5.41, 5.74) is 4.24. The first kappa shape index (κ1) is 18.9. The lowest BCUT2D eigenvalue weighted by molar-refractivity contribution is 0.306. The number of aryl methyl sites for hydroxylation is 1. The fraction of sp³-hybridized carbons (Fsp3) is 0.143. The van der Waals surface area contributed by atoms with Gasteiger partial charge in [0, 0.05) is 27.8 Å². The molecule has 0 aromatic heterocycles. The molecule has 0 fully saturated rings. The van der Waals surface area contributed by atoms with Gasteiger partial charge in [0.15, 0.2) is 0 Å². The Hall–Kier alpha value is -1.87. The molecule has 3 aromatic carbocycles. The van der Waals surface area contributed by atoms with Crippen molar-refractivity contribution in [2.24, 2.45) is 0 Å². The molecule has 1 N–H and O–H groups in total. The fourth-order valence-electron chi connectivity index (χ4n) is 2.52. The number of benzene rings is 3. The first-order chi connectivity index (χ1) is 12.5. The van der Waals surface area contributed by atoms with Crippen LogP contribution in [0, 0.1) is 6.92 Å². The topological polar surface area (TPSA) is 21.3 Å². The predicted molar refractivity (Wildman–Crippen MR) is 111 cm³/mol. The molecular formula is C21H18Cl3NO. The fourth-order valence-corrected chi connectivity index (χ4v) is 3.25. The van der Waals surface area contributed by atoms with E-state index < -0.39 is 0 Å². The number of hydrogen-bond acceptors (Lipinski definition) is 2. The van der Waals surface area contributed by atoms with Gasteiger partial charge >= 0.3 is 0 Å². The van der Waals surface area contributed by atoms with Gasteiger partial charge in [-0.25, -0.2) is 0 Å². The Labute approximate surface area is 168 Å². The van der Waals surface area contributed by atoms with Crippen LogP contribution in [-0.4, -0.2) is 0 Å². The molecule has 0 aliphatic rings. The van der Waals surface area contributed by atoms with Gasteiger partial charge in [0.25, 0.3) is 0 Å². The molecule has 0 radical (unpaired) electrons. The van der Waals surface area contributed by atoms with Crippen LogP contribution in [0.5, 0.6) is 5.75 Å². The van der Waals surface area contributed by atoms with Crippen molar-refractivity contribution >= 4 is 40.5 Å². The molecule has 0 amide bonds. The molecule has 0 aliphatic carbocycles. The number of nitrogens with one attached hydrogen (secondary N) is 1. The molecule has 0 atom stereocenters. The largest absolute Gasteiger partial charge is 0.487 e. The number of halogens is 3. The van der Waals surface area contributed by atoms with E-state index in [0.29, 0.717) is 34.0 Å². The lowest BCUT2D eigenvalue weighted by atomic mass is 10.2. The van der Waals surface area contributed by atoms with Gasteiger partial charge in [-0.1, -0.05) is 59.1 Å². The zero-order chi connectivity index (χ0) is 18.5. The minimum Gasteiger partial charge on any atom is -0.487 e. The van der Waals surface area contributed by atoms with E-state index in [0.717, 1.165) is 16.8 Å². The van der Waals surface area contributed by atoms with Crippen LogP contribution in [0.25, 0.3) is 0 Å². The average molecular weight is 407 g/mol. The summed E-state index contributed by atoms with van der Waals surface area (Å²) in [5, 5.41) is 5.13. The maximum Gasteiger partial charge on any atom is 0.138 e. The SMILES string of the molecule is Cc1cccc(NCc2ccc(OCc3ccc(Cl)cc3Cl)c(Cl)c2)c1. The van der Waals surface area contributed by atoms with Gasteiger partial charge in [0.2, 0.25) is 0 Å². The van der Waals surface area contributed by atoms with E-state index in [-0.39, 0.29) is 0 Å². The molecule has 2 nitrogen and oxygen atoms in total. The van der Waals surface area contributed by atoms with E-state index in [2.05, 4.69) is 24.4 Å². The third kappa shape index (κ3) is 5.07. The van der Waals surface area contributed by atoms with Crippen molar-refractivity contribution in [3.63, 3.8) is 0 Å². The Balaban J connectivity index is 1.62. The van der Waals surface area contributed by atoms with Crippen LogP contribution in [0.4, 0.5) is 5.69 Å². The van der Waals surface area contributed by atoms with E-state index in [1.807, 2.05) is 36.4 Å². The van der Waals surface area contributed by atoms with Crippen LogP contribution in [0.1, 0.15) is 16.7 Å². The minimum atomic E-state index is 0.330. The first-order valence-corrected chi connectivity index (χ1v) is 9.30. The maximum absolute atomic E-state index is 6.36. The molecule has 0 bridgehead atoms. The minimum absolute atomic E-state index is 0.330. The summed E-state index contributed by atoms with van der Waals surface area (Å²) in [4.78, 5) is 0. The molecule has 134 valence electrons. The van der Waals surface area contributed by atoms with Crippen molar-refractivity contribution in [2.45, 2.75) is 20.1 Å². The maximum atomic E-state index is 6.36. The number of hydrogen-bond donors (Lipinski definition) is 1. The molecular weight excluding hydrogens is 389 g/mol. The molecule has 0 spiro atoms. The third-order valence-corrected chi connectivity index (χ3v) is 4.79. The normalized spacial score (nSPS) is 10.6. The second-order valence-electron chi connectivity index (χ2n) is 6.01. The van der Waals surface area contributed by atoms with Gasteiger partial charge in [0.05, 0.1) is 5.02 Å². The highest BCUT2D eigenvalue weighted by Gasteiger charge is 2.07. The lowest BCUT2D eigenvalue weighted by Crippen LogP contribution is -2.01. The van der Waals surface area contributed by atoms with Crippen molar-refractivity contribution in [2.75, 3.05) is 5.32 Å². The van der Waals surface area contributed by atoms with Crippen molar-refractivity contribution in [3.05, 3.63) is 92.4 Å². The van der Waals surface area contributed by atoms with Crippen LogP contribution in [0.15, 0.2) is 60.7 Å². The Morgan fingerprint density at radius 3 is 2.46 bits per heavy atom. The van der Waals surface area contributed by atoms with Crippen molar-refractivity contribution in [1.29, 1.82) is 0 Å². The molecule has 0 saturated carbocycles. The van der Waals surface area contributed by atoms with E-state index in [4.69, 9.17) is 39.5 Å². The molecule has 26 heavy (non-hydrogen) atoms. The molecule has 5 heteroatoms. The summed E-state index contributed by atoms with van der Waals surface area (Å²) >= 11 is 18.4. The molecule has 0 heterocycles. The van der Waals surface area contributed by atoms with Crippen LogP contribution < -0.4 is 10.1 Å². The molecule has 0 saturated heterocycles. The summed E-state index contributed by atoms with van der Waals surface area (Å²) < 4.78 is 5.80. The Morgan fingerprint density at radius 1 is 0.885 bits per heavy atom. The van der Waals surface area contributed by atoms with Gasteiger partial charge in [-0.15, -0.1) is 0 Å². The monoisotopic (exact) mass is 405 g/mol. The lowest BCUT2D eigenvalue weighted by Gasteiger charge is -2.12. The predicted octanol–water partition coefficient (Wildman–Crippen LogP) is 7.15. The molecule has 3 aromatic rings. The van der Waals surface area contributed by atoms with E-state index in [1.54, 1.807) is 12.1 Å². The zero-order valence-electron chi connectivity index (χ0n) is 14.2. The molecule has 0 unspecified atom stereocenters. The number of anilines is 1. The summed E-state index contributed by atoms with van der Waals surface area (Å²) in [6.07, 6.45) is 0. The van der Waals surface area contributed by atoms with Crippen molar-refractivity contribution in [1.82, 2.24) is 0 Å². The highest BCUT2D eigenvalue weighted by Crippen LogP contribution is 2.28. The van der Waals surface area contributed by atoms with E-state index >= 15 is 0 Å². The second-order valence-corrected chi connectivity index (χ2v) is 7.26. The van der Waals surface area contributed by atoms with Gasteiger partial charge in [0.1, 0.15) is 12.4 Å². The Morgan fingerprint density at radius 2 is 1.73 bits per heavy atom. The number of ether oxygens (including phenoxy) is 1. The van der Waals surface area contributed by atoms with Crippen molar-refractivity contribution < 1.29 is 4.74 Å². The van der Waals surface area contributed by atoms with Crippen LogP contribution >= 0.6 is 34.8 Å². The molecule has 3 rings (SSSR count). The van der Waals surface area contributed by atoms with Gasteiger partial charge in [-0.3, -0.25) is 0 Å². The smallest absolute Gasteiger partial charge is 0.138 e. The van der Waals surface area contributed by atoms with Crippen LogP contribution in [0.2, 0.25) is 15.1 Å². The first-order valence-electron chi connectivity index (χ1n) is 8.17. The Bertz CT molecular complexity index is 912. The summed E-state index contributed by atoms with van der Waals surface area (Å²) in [6.45, 7) is 3.09. The summed E-state index contributed by atoms with van der Waals surface area (Å²) in [7, 11) is 0. The Kier molecular flexibility index (Phi) is 6.31. The third-order valence-electron chi connectivity index (χ3n) is 3.91. The van der Waals surface area contributed by atoms with E-state index in [1.165, 1.54) is 5.56 Å². The quantitative estimate of drug-likeness (QED) is 0.469. The highest BCUT2D eigenvalue weighted by atomic mass is 35.5. The standard InChI is InChI=1S/C21H18Cl3NO/c1-14-3-2-4-18(9-14)25-12-15-5-8-21(20(24)10-15)26-13-16-6-7-17(22)11-19(16)23/h2-11,25H,12-13H2,1H3. The second kappa shape index (κ2) is 8.68. The summed E-state index contributed by atoms with van der Waals surface area (Å²) in [5.74, 6) is 0.622.